The van der Waals surface area contributed by atoms with Crippen LogP contribution in [-0.2, 0) is 11.0 Å². The van der Waals surface area contributed by atoms with Crippen LogP contribution in [0.2, 0.25) is 0 Å². The SMILES string of the molecule is Cc1nc(N[C@H]2C[C@H](Oc3ccnc(C(F)(F)F)c3)C2)cc2c1NC(=O)C(C)N2C. The zero-order valence-corrected chi connectivity index (χ0v) is 16.7. The molecule has 160 valence electrons. The van der Waals surface area contributed by atoms with Gasteiger partial charge in [0.15, 0.2) is 0 Å². The maximum Gasteiger partial charge on any atom is 0.433 e. The minimum atomic E-state index is -4.50. The second-order valence-electron chi connectivity index (χ2n) is 7.69. The Kier molecular flexibility index (Phi) is 4.95. The van der Waals surface area contributed by atoms with Crippen LogP contribution in [0, 0.1) is 6.92 Å². The van der Waals surface area contributed by atoms with Crippen LogP contribution in [0.3, 0.4) is 0 Å². The largest absolute Gasteiger partial charge is 0.490 e. The number of aryl methyl sites for hydroxylation is 1. The monoisotopic (exact) mass is 421 g/mol. The third-order valence-electron chi connectivity index (χ3n) is 5.54. The van der Waals surface area contributed by atoms with Gasteiger partial charge in [-0.2, -0.15) is 13.2 Å². The molecule has 1 unspecified atom stereocenters. The van der Waals surface area contributed by atoms with Crippen molar-refractivity contribution < 1.29 is 22.7 Å². The zero-order valence-electron chi connectivity index (χ0n) is 16.7. The first-order chi connectivity index (χ1) is 14.1. The summed E-state index contributed by atoms with van der Waals surface area (Å²) in [6.45, 7) is 3.67. The predicted molar refractivity (Wildman–Crippen MR) is 106 cm³/mol. The summed E-state index contributed by atoms with van der Waals surface area (Å²) in [6, 6.07) is 4.06. The molecule has 2 aliphatic rings. The van der Waals surface area contributed by atoms with Gasteiger partial charge in [-0.1, -0.05) is 0 Å². The van der Waals surface area contributed by atoms with E-state index in [0.717, 1.165) is 18.0 Å². The second kappa shape index (κ2) is 7.33. The second-order valence-corrected chi connectivity index (χ2v) is 7.69. The topological polar surface area (TPSA) is 79.4 Å². The maximum absolute atomic E-state index is 12.8. The van der Waals surface area contributed by atoms with E-state index >= 15 is 0 Å². The Morgan fingerprint density at radius 2 is 2.03 bits per heavy atom. The molecule has 1 aliphatic carbocycles. The Balaban J connectivity index is 1.38. The van der Waals surface area contributed by atoms with E-state index < -0.39 is 11.9 Å². The summed E-state index contributed by atoms with van der Waals surface area (Å²) in [5, 5.41) is 6.23. The van der Waals surface area contributed by atoms with Crippen molar-refractivity contribution in [3.05, 3.63) is 35.8 Å². The van der Waals surface area contributed by atoms with Crippen molar-refractivity contribution in [3.8, 4) is 5.75 Å². The van der Waals surface area contributed by atoms with E-state index in [4.69, 9.17) is 4.74 Å². The molecule has 2 N–H and O–H groups in total. The highest BCUT2D eigenvalue weighted by Crippen LogP contribution is 2.37. The summed E-state index contributed by atoms with van der Waals surface area (Å²) in [5.74, 6) is 0.780. The van der Waals surface area contributed by atoms with Gasteiger partial charge in [-0.25, -0.2) is 4.98 Å². The molecule has 0 radical (unpaired) electrons. The van der Waals surface area contributed by atoms with E-state index in [2.05, 4.69) is 20.6 Å². The fourth-order valence-electron chi connectivity index (χ4n) is 3.60. The predicted octanol–water partition coefficient (Wildman–Crippen LogP) is 3.60. The Morgan fingerprint density at radius 1 is 1.30 bits per heavy atom. The molecule has 1 saturated carbocycles. The van der Waals surface area contributed by atoms with Crippen LogP contribution in [0.25, 0.3) is 0 Å². The maximum atomic E-state index is 12.8. The van der Waals surface area contributed by atoms with E-state index in [0.29, 0.717) is 30.0 Å². The van der Waals surface area contributed by atoms with E-state index in [-0.39, 0.29) is 29.8 Å². The van der Waals surface area contributed by atoms with E-state index in [1.54, 1.807) is 0 Å². The molecular weight excluding hydrogens is 399 g/mol. The summed E-state index contributed by atoms with van der Waals surface area (Å²) in [4.78, 5) is 21.8. The Labute approximate surface area is 171 Å². The molecule has 4 rings (SSSR count). The average molecular weight is 421 g/mol. The van der Waals surface area contributed by atoms with Gasteiger partial charge in [-0.3, -0.25) is 9.78 Å². The number of alkyl halides is 3. The van der Waals surface area contributed by atoms with E-state index in [1.807, 2.05) is 31.9 Å². The number of nitrogens with zero attached hydrogens (tertiary/aromatic N) is 3. The molecule has 0 spiro atoms. The van der Waals surface area contributed by atoms with Gasteiger partial charge in [0.25, 0.3) is 0 Å². The van der Waals surface area contributed by atoms with Crippen LogP contribution >= 0.6 is 0 Å². The summed E-state index contributed by atoms with van der Waals surface area (Å²) in [7, 11) is 1.86. The lowest BCUT2D eigenvalue weighted by atomic mass is 9.89. The quantitative estimate of drug-likeness (QED) is 0.785. The van der Waals surface area contributed by atoms with Crippen molar-refractivity contribution in [2.24, 2.45) is 0 Å². The number of ether oxygens (including phenoxy) is 1. The van der Waals surface area contributed by atoms with Gasteiger partial charge in [-0.05, 0) is 19.9 Å². The third kappa shape index (κ3) is 3.86. The van der Waals surface area contributed by atoms with Crippen molar-refractivity contribution in [2.45, 2.75) is 51.1 Å². The normalized spacial score (nSPS) is 23.3. The molecule has 0 bridgehead atoms. The first-order valence-corrected chi connectivity index (χ1v) is 9.63. The van der Waals surface area contributed by atoms with Crippen molar-refractivity contribution in [2.75, 3.05) is 22.6 Å². The van der Waals surface area contributed by atoms with Crippen LogP contribution < -0.4 is 20.3 Å². The number of carbonyl (C=O) groups is 1. The molecule has 1 amide bonds. The molecule has 0 aromatic carbocycles. The summed E-state index contributed by atoms with van der Waals surface area (Å²) < 4.78 is 44.0. The number of nitrogens with one attached hydrogen (secondary N) is 2. The average Bonchev–Trinajstić information content (AvgIpc) is 2.65. The minimum absolute atomic E-state index is 0.0700. The summed E-state index contributed by atoms with van der Waals surface area (Å²) >= 11 is 0. The minimum Gasteiger partial charge on any atom is -0.490 e. The molecule has 1 fully saturated rings. The number of anilines is 3. The lowest BCUT2D eigenvalue weighted by molar-refractivity contribution is -0.141. The van der Waals surface area contributed by atoms with Crippen LogP contribution in [0.15, 0.2) is 24.4 Å². The fraction of sp³-hybridized carbons (Fsp3) is 0.450. The highest BCUT2D eigenvalue weighted by atomic mass is 19.4. The van der Waals surface area contributed by atoms with Crippen LogP contribution in [-0.4, -0.2) is 41.1 Å². The Morgan fingerprint density at radius 3 is 2.73 bits per heavy atom. The zero-order chi connectivity index (χ0) is 21.6. The number of likely N-dealkylation sites (N-methyl/N-ethyl adjacent to an activating group) is 1. The third-order valence-corrected chi connectivity index (χ3v) is 5.54. The molecule has 10 heteroatoms. The number of hydrogen-bond acceptors (Lipinski definition) is 6. The summed E-state index contributed by atoms with van der Waals surface area (Å²) in [5.41, 5.74) is 1.35. The van der Waals surface area contributed by atoms with Crippen LogP contribution in [0.4, 0.5) is 30.4 Å². The number of hydrogen-bond donors (Lipinski definition) is 2. The molecule has 0 saturated heterocycles. The number of amides is 1. The van der Waals surface area contributed by atoms with Crippen molar-refractivity contribution in [3.63, 3.8) is 0 Å². The van der Waals surface area contributed by atoms with Gasteiger partial charge in [-0.15, -0.1) is 0 Å². The van der Waals surface area contributed by atoms with Crippen molar-refractivity contribution in [1.29, 1.82) is 0 Å². The fourth-order valence-corrected chi connectivity index (χ4v) is 3.60. The highest BCUT2D eigenvalue weighted by Gasteiger charge is 2.35. The molecular formula is C20H22F3N5O2. The van der Waals surface area contributed by atoms with Gasteiger partial charge in [0.05, 0.1) is 17.1 Å². The molecule has 7 nitrogen and oxygen atoms in total. The molecule has 30 heavy (non-hydrogen) atoms. The highest BCUT2D eigenvalue weighted by molar-refractivity contribution is 6.04. The molecule has 1 aliphatic heterocycles. The van der Waals surface area contributed by atoms with E-state index in [9.17, 15) is 18.0 Å². The first-order valence-electron chi connectivity index (χ1n) is 9.63. The van der Waals surface area contributed by atoms with Crippen LogP contribution in [0.1, 0.15) is 31.2 Å². The summed E-state index contributed by atoms with van der Waals surface area (Å²) in [6.07, 6.45) is -2.28. The van der Waals surface area contributed by atoms with Gasteiger partial charge in [0, 0.05) is 44.3 Å². The lowest BCUT2D eigenvalue weighted by Crippen LogP contribution is -2.45. The van der Waals surface area contributed by atoms with Crippen LogP contribution in [0.5, 0.6) is 5.75 Å². The lowest BCUT2D eigenvalue weighted by Gasteiger charge is -2.37. The van der Waals surface area contributed by atoms with Gasteiger partial charge in [0.2, 0.25) is 5.91 Å². The standard InChI is InChI=1S/C20H22F3N5O2/c1-10-18-15(28(3)11(2)19(29)27-18)9-17(25-10)26-12-6-14(7-12)30-13-4-5-24-16(8-13)20(21,22)23/h4-5,8-9,11-12,14H,6-7H2,1-3H3,(H,25,26)(H,27,29)/t11?,12-,14-. The molecule has 1 atom stereocenters. The Bertz CT molecular complexity index is 975. The smallest absolute Gasteiger partial charge is 0.433 e. The van der Waals surface area contributed by atoms with Crippen molar-refractivity contribution >= 4 is 23.1 Å². The number of pyridine rings is 2. The number of carbonyl (C=O) groups excluding carboxylic acids is 1. The molecule has 3 heterocycles. The number of rotatable bonds is 4. The first kappa shape index (κ1) is 20.2. The Hall–Kier alpha value is -3.04. The van der Waals surface area contributed by atoms with E-state index in [1.165, 1.54) is 6.07 Å². The number of fused-ring (bicyclic) bond motifs is 1. The molecule has 2 aromatic rings. The number of aromatic nitrogens is 2. The van der Waals surface area contributed by atoms with Gasteiger partial charge < -0.3 is 20.3 Å². The number of halogens is 3. The van der Waals surface area contributed by atoms with Gasteiger partial charge in [0.1, 0.15) is 29.4 Å². The van der Waals surface area contributed by atoms with Gasteiger partial charge >= 0.3 is 6.18 Å². The van der Waals surface area contributed by atoms with Crippen molar-refractivity contribution in [1.82, 2.24) is 9.97 Å². The molecule has 2 aromatic heterocycles.